The number of amides is 1. The predicted molar refractivity (Wildman–Crippen MR) is 104 cm³/mol. The molecule has 2 fully saturated rings. The van der Waals surface area contributed by atoms with Crippen LogP contribution in [0.4, 0.5) is 0 Å². The highest BCUT2D eigenvalue weighted by molar-refractivity contribution is 5.93. The Hall–Kier alpha value is -2.21. The topological polar surface area (TPSA) is 54.3 Å². The zero-order valence-corrected chi connectivity index (χ0v) is 16.1. The highest BCUT2D eigenvalue weighted by Gasteiger charge is 2.31. The van der Waals surface area contributed by atoms with E-state index in [1.165, 1.54) is 25.7 Å². The summed E-state index contributed by atoms with van der Waals surface area (Å²) in [6, 6.07) is 6.79. The molecule has 2 aromatic heterocycles. The third-order valence-corrected chi connectivity index (χ3v) is 5.93. The van der Waals surface area contributed by atoms with Crippen molar-refractivity contribution in [3.05, 3.63) is 48.0 Å². The Kier molecular flexibility index (Phi) is 5.53. The molecule has 2 aliphatic rings. The van der Waals surface area contributed by atoms with E-state index >= 15 is 0 Å². The van der Waals surface area contributed by atoms with Gasteiger partial charge in [0, 0.05) is 57.4 Å². The van der Waals surface area contributed by atoms with Gasteiger partial charge >= 0.3 is 0 Å². The molecule has 0 bridgehead atoms. The fourth-order valence-electron chi connectivity index (χ4n) is 4.58. The van der Waals surface area contributed by atoms with Crippen LogP contribution in [-0.2, 0) is 13.5 Å². The van der Waals surface area contributed by atoms with Crippen molar-refractivity contribution in [1.29, 1.82) is 0 Å². The minimum absolute atomic E-state index is 0.0994. The van der Waals surface area contributed by atoms with E-state index in [0.29, 0.717) is 17.5 Å². The smallest absolute Gasteiger partial charge is 0.257 e. The summed E-state index contributed by atoms with van der Waals surface area (Å²) in [6.07, 6.45) is 11.5. The molecular weight excluding hydrogens is 338 g/mol. The van der Waals surface area contributed by atoms with Crippen LogP contribution in [0.5, 0.6) is 0 Å². The quantitative estimate of drug-likeness (QED) is 0.833. The maximum atomic E-state index is 13.0. The molecule has 1 saturated carbocycles. The molecule has 0 unspecified atom stereocenters. The van der Waals surface area contributed by atoms with E-state index in [0.717, 1.165) is 38.3 Å². The van der Waals surface area contributed by atoms with Crippen LogP contribution in [0.3, 0.4) is 0 Å². The van der Waals surface area contributed by atoms with Crippen LogP contribution in [-0.4, -0.2) is 62.7 Å². The standard InChI is InChI=1S/C21H29N5O/c1-24-16-18(13-23-24)21(27)26-11-10-25(20-7-2-3-8-20)14-17(15-26)12-19-6-4-5-9-22-19/h4-6,9,13,16-17,20H,2-3,7-8,10-12,14-15H2,1H3/t17-/m0/s1. The number of carbonyl (C=O) groups is 1. The number of aromatic nitrogens is 3. The van der Waals surface area contributed by atoms with Gasteiger partial charge in [-0.3, -0.25) is 19.4 Å². The molecule has 4 rings (SSSR count). The van der Waals surface area contributed by atoms with E-state index in [9.17, 15) is 4.79 Å². The van der Waals surface area contributed by atoms with E-state index in [2.05, 4.69) is 21.0 Å². The van der Waals surface area contributed by atoms with Crippen LogP contribution in [0.2, 0.25) is 0 Å². The SMILES string of the molecule is Cn1cc(C(=O)N2CCN(C3CCCC3)C[C@H](Cc3ccccn3)C2)cn1. The summed E-state index contributed by atoms with van der Waals surface area (Å²) in [5, 5.41) is 4.17. The fourth-order valence-corrected chi connectivity index (χ4v) is 4.58. The lowest BCUT2D eigenvalue weighted by atomic mass is 10.0. The van der Waals surface area contributed by atoms with Gasteiger partial charge in [-0.2, -0.15) is 5.10 Å². The summed E-state index contributed by atoms with van der Waals surface area (Å²) in [6.45, 7) is 3.60. The Labute approximate surface area is 161 Å². The largest absolute Gasteiger partial charge is 0.337 e. The normalized spacial score (nSPS) is 22.1. The van der Waals surface area contributed by atoms with Crippen molar-refractivity contribution in [2.24, 2.45) is 13.0 Å². The van der Waals surface area contributed by atoms with Gasteiger partial charge in [0.25, 0.3) is 5.91 Å². The molecule has 6 nitrogen and oxygen atoms in total. The van der Waals surface area contributed by atoms with Crippen molar-refractivity contribution >= 4 is 5.91 Å². The molecule has 3 heterocycles. The van der Waals surface area contributed by atoms with Crippen molar-refractivity contribution in [3.8, 4) is 0 Å². The average Bonchev–Trinajstić information content (AvgIpc) is 3.32. The van der Waals surface area contributed by atoms with Crippen LogP contribution < -0.4 is 0 Å². The minimum Gasteiger partial charge on any atom is -0.337 e. The third-order valence-electron chi connectivity index (χ3n) is 5.93. The van der Waals surface area contributed by atoms with Crippen molar-refractivity contribution in [1.82, 2.24) is 24.6 Å². The average molecular weight is 367 g/mol. The lowest BCUT2D eigenvalue weighted by molar-refractivity contribution is 0.0744. The number of pyridine rings is 1. The Morgan fingerprint density at radius 3 is 2.74 bits per heavy atom. The number of nitrogens with zero attached hydrogens (tertiary/aromatic N) is 5. The summed E-state index contributed by atoms with van der Waals surface area (Å²) in [4.78, 5) is 22.2. The van der Waals surface area contributed by atoms with Crippen LogP contribution >= 0.6 is 0 Å². The van der Waals surface area contributed by atoms with Gasteiger partial charge < -0.3 is 4.90 Å². The Bertz CT molecular complexity index is 753. The van der Waals surface area contributed by atoms with Crippen LogP contribution in [0.15, 0.2) is 36.8 Å². The summed E-state index contributed by atoms with van der Waals surface area (Å²) in [5.41, 5.74) is 1.80. The predicted octanol–water partition coefficient (Wildman–Crippen LogP) is 2.37. The van der Waals surface area contributed by atoms with Crippen LogP contribution in [0.25, 0.3) is 0 Å². The van der Waals surface area contributed by atoms with Crippen LogP contribution in [0, 0.1) is 5.92 Å². The number of rotatable bonds is 4. The molecule has 0 aromatic carbocycles. The summed E-state index contributed by atoms with van der Waals surface area (Å²) >= 11 is 0. The highest BCUT2D eigenvalue weighted by atomic mass is 16.2. The van der Waals surface area contributed by atoms with Gasteiger partial charge in [-0.05, 0) is 37.3 Å². The number of aryl methyl sites for hydroxylation is 1. The molecule has 0 N–H and O–H groups in total. The summed E-state index contributed by atoms with van der Waals surface area (Å²) in [5.74, 6) is 0.506. The van der Waals surface area contributed by atoms with Gasteiger partial charge in [-0.1, -0.05) is 18.9 Å². The highest BCUT2D eigenvalue weighted by Crippen LogP contribution is 2.26. The summed E-state index contributed by atoms with van der Waals surface area (Å²) in [7, 11) is 1.85. The molecule has 1 atom stereocenters. The second-order valence-corrected chi connectivity index (χ2v) is 7.98. The second kappa shape index (κ2) is 8.21. The number of hydrogen-bond acceptors (Lipinski definition) is 4. The molecule has 144 valence electrons. The molecule has 1 aliphatic heterocycles. The zero-order chi connectivity index (χ0) is 18.6. The molecule has 27 heavy (non-hydrogen) atoms. The molecule has 0 spiro atoms. The summed E-state index contributed by atoms with van der Waals surface area (Å²) < 4.78 is 1.70. The van der Waals surface area contributed by atoms with Gasteiger partial charge in [-0.25, -0.2) is 0 Å². The van der Waals surface area contributed by atoms with Gasteiger partial charge in [0.15, 0.2) is 0 Å². The van der Waals surface area contributed by atoms with Gasteiger partial charge in [0.2, 0.25) is 0 Å². The van der Waals surface area contributed by atoms with Crippen molar-refractivity contribution in [3.63, 3.8) is 0 Å². The molecular formula is C21H29N5O. The Balaban J connectivity index is 1.51. The van der Waals surface area contributed by atoms with E-state index in [1.807, 2.05) is 36.5 Å². The zero-order valence-electron chi connectivity index (χ0n) is 16.1. The van der Waals surface area contributed by atoms with Crippen molar-refractivity contribution < 1.29 is 4.79 Å². The minimum atomic E-state index is 0.0994. The molecule has 1 aliphatic carbocycles. The lowest BCUT2D eigenvalue weighted by Gasteiger charge is -2.29. The molecule has 2 aromatic rings. The van der Waals surface area contributed by atoms with Crippen molar-refractivity contribution in [2.75, 3.05) is 26.2 Å². The van der Waals surface area contributed by atoms with E-state index in [-0.39, 0.29) is 5.91 Å². The molecule has 0 radical (unpaired) electrons. The van der Waals surface area contributed by atoms with Gasteiger partial charge in [0.1, 0.15) is 0 Å². The third kappa shape index (κ3) is 4.38. The fraction of sp³-hybridized carbons (Fsp3) is 0.571. The molecule has 6 heteroatoms. The number of carbonyl (C=O) groups excluding carboxylic acids is 1. The monoisotopic (exact) mass is 367 g/mol. The Morgan fingerprint density at radius 2 is 2.04 bits per heavy atom. The van der Waals surface area contributed by atoms with Gasteiger partial charge in [-0.15, -0.1) is 0 Å². The van der Waals surface area contributed by atoms with E-state index < -0.39 is 0 Å². The van der Waals surface area contributed by atoms with Crippen LogP contribution in [0.1, 0.15) is 41.7 Å². The van der Waals surface area contributed by atoms with Gasteiger partial charge in [0.05, 0.1) is 11.8 Å². The Morgan fingerprint density at radius 1 is 1.19 bits per heavy atom. The first-order chi connectivity index (χ1) is 13.2. The second-order valence-electron chi connectivity index (χ2n) is 7.98. The first-order valence-corrected chi connectivity index (χ1v) is 10.1. The first kappa shape index (κ1) is 18.2. The van der Waals surface area contributed by atoms with Crippen molar-refractivity contribution in [2.45, 2.75) is 38.1 Å². The van der Waals surface area contributed by atoms with E-state index in [4.69, 9.17) is 0 Å². The van der Waals surface area contributed by atoms with E-state index in [1.54, 1.807) is 10.9 Å². The first-order valence-electron chi connectivity index (χ1n) is 10.1. The molecule has 1 saturated heterocycles. The maximum absolute atomic E-state index is 13.0. The maximum Gasteiger partial charge on any atom is 0.257 e. The number of hydrogen-bond donors (Lipinski definition) is 0. The molecule has 1 amide bonds. The lowest BCUT2D eigenvalue weighted by Crippen LogP contribution is -2.38.